The highest BCUT2D eigenvalue weighted by Crippen LogP contribution is 2.22. The summed E-state index contributed by atoms with van der Waals surface area (Å²) in [4.78, 5) is 42.0. The normalized spacial score (nSPS) is 16.5. The van der Waals surface area contributed by atoms with Gasteiger partial charge in [0.2, 0.25) is 0 Å². The monoisotopic (exact) mass is 381 g/mol. The molecule has 146 valence electrons. The predicted octanol–water partition coefficient (Wildman–Crippen LogP) is 3.36. The number of nitrogens with one attached hydrogen (secondary N) is 1. The summed E-state index contributed by atoms with van der Waals surface area (Å²) in [6.45, 7) is 4.65. The maximum absolute atomic E-state index is 12.8. The van der Waals surface area contributed by atoms with Gasteiger partial charge in [0.25, 0.3) is 11.8 Å². The molecule has 2 amide bonds. The zero-order chi connectivity index (χ0) is 20.3. The molecule has 1 aliphatic rings. The van der Waals surface area contributed by atoms with Crippen LogP contribution in [-0.2, 0) is 0 Å². The molecule has 0 bridgehead atoms. The highest BCUT2D eigenvalue weighted by atomic mass is 16.4. The van der Waals surface area contributed by atoms with Gasteiger partial charge >= 0.3 is 5.97 Å². The van der Waals surface area contributed by atoms with E-state index in [-0.39, 0.29) is 23.3 Å². The summed E-state index contributed by atoms with van der Waals surface area (Å²) in [6, 6.07) is 9.64. The zero-order valence-corrected chi connectivity index (χ0v) is 15.9. The van der Waals surface area contributed by atoms with Crippen molar-refractivity contribution < 1.29 is 19.5 Å². The highest BCUT2D eigenvalue weighted by Gasteiger charge is 2.24. The number of nitrogens with zero attached hydrogens (tertiary/aromatic N) is 2. The molecule has 1 unspecified atom stereocenters. The molecule has 1 aliphatic heterocycles. The van der Waals surface area contributed by atoms with Crippen molar-refractivity contribution in [3.63, 3.8) is 0 Å². The third-order valence-electron chi connectivity index (χ3n) is 4.99. The summed E-state index contributed by atoms with van der Waals surface area (Å²) in [5.41, 5.74) is 1.71. The molecule has 0 radical (unpaired) electrons. The lowest BCUT2D eigenvalue weighted by Crippen LogP contribution is -2.42. The molecular weight excluding hydrogens is 358 g/mol. The van der Waals surface area contributed by atoms with E-state index < -0.39 is 11.9 Å². The molecule has 1 atom stereocenters. The van der Waals surface area contributed by atoms with Gasteiger partial charge in [0, 0.05) is 23.8 Å². The van der Waals surface area contributed by atoms with E-state index in [9.17, 15) is 14.4 Å². The molecule has 7 nitrogen and oxygen atoms in total. The number of carboxylic acid groups (broad SMARTS) is 1. The average molecular weight is 381 g/mol. The number of hydrogen-bond acceptors (Lipinski definition) is 4. The fraction of sp³-hybridized carbons (Fsp3) is 0.333. The Morgan fingerprint density at radius 3 is 2.57 bits per heavy atom. The number of carbonyl (C=O) groups excluding carboxylic acids is 2. The minimum Gasteiger partial charge on any atom is -0.477 e. The number of anilines is 1. The second kappa shape index (κ2) is 8.21. The largest absolute Gasteiger partial charge is 0.477 e. The Labute approximate surface area is 163 Å². The molecule has 2 heterocycles. The number of likely N-dealkylation sites (tertiary alicyclic amines) is 1. The number of aromatic nitrogens is 1. The average Bonchev–Trinajstić information content (AvgIpc) is 2.69. The molecular formula is C21H23N3O4. The molecule has 0 aliphatic carbocycles. The van der Waals surface area contributed by atoms with E-state index in [0.717, 1.165) is 31.4 Å². The third kappa shape index (κ3) is 4.19. The van der Waals surface area contributed by atoms with Gasteiger partial charge in [-0.2, -0.15) is 0 Å². The first-order chi connectivity index (χ1) is 13.4. The van der Waals surface area contributed by atoms with Crippen LogP contribution in [0.5, 0.6) is 0 Å². The van der Waals surface area contributed by atoms with Crippen molar-refractivity contribution in [3.8, 4) is 0 Å². The summed E-state index contributed by atoms with van der Waals surface area (Å²) in [7, 11) is 0. The van der Waals surface area contributed by atoms with E-state index in [1.165, 1.54) is 18.2 Å². The Hall–Kier alpha value is -3.22. The quantitative estimate of drug-likeness (QED) is 0.846. The first-order valence-electron chi connectivity index (χ1n) is 9.30. The maximum atomic E-state index is 12.8. The van der Waals surface area contributed by atoms with Crippen LogP contribution in [0.1, 0.15) is 63.1 Å². The van der Waals surface area contributed by atoms with E-state index in [2.05, 4.69) is 17.2 Å². The van der Waals surface area contributed by atoms with Crippen molar-refractivity contribution in [2.24, 2.45) is 0 Å². The number of aryl methyl sites for hydroxylation is 1. The molecule has 2 N–H and O–H groups in total. The van der Waals surface area contributed by atoms with Gasteiger partial charge in [-0.1, -0.05) is 6.07 Å². The number of pyridine rings is 1. The van der Waals surface area contributed by atoms with E-state index in [1.807, 2.05) is 11.8 Å². The molecule has 1 aromatic carbocycles. The molecule has 2 aromatic rings. The lowest BCUT2D eigenvalue weighted by Gasteiger charge is -2.33. The lowest BCUT2D eigenvalue weighted by molar-refractivity contribution is 0.0634. The van der Waals surface area contributed by atoms with Crippen LogP contribution < -0.4 is 5.32 Å². The van der Waals surface area contributed by atoms with Crippen molar-refractivity contribution in [3.05, 3.63) is 58.9 Å². The first-order valence-corrected chi connectivity index (χ1v) is 9.30. The maximum Gasteiger partial charge on any atom is 0.354 e. The second-order valence-electron chi connectivity index (χ2n) is 7.04. The minimum absolute atomic E-state index is 0.00371. The number of hydrogen-bond donors (Lipinski definition) is 2. The number of benzene rings is 1. The van der Waals surface area contributed by atoms with Gasteiger partial charge < -0.3 is 15.3 Å². The minimum atomic E-state index is -1.19. The third-order valence-corrected chi connectivity index (χ3v) is 4.99. The molecule has 7 heteroatoms. The van der Waals surface area contributed by atoms with Crippen LogP contribution in [0, 0.1) is 6.92 Å². The molecule has 0 saturated carbocycles. The smallest absolute Gasteiger partial charge is 0.354 e. The molecule has 28 heavy (non-hydrogen) atoms. The SMILES string of the molecule is Cc1cc(C(=O)N2CCCCC2C)ccc1NC(=O)c1cccc(C(=O)O)n1. The number of piperidine rings is 1. The fourth-order valence-corrected chi connectivity index (χ4v) is 3.37. The van der Waals surface area contributed by atoms with Crippen LogP contribution in [0.15, 0.2) is 36.4 Å². The van der Waals surface area contributed by atoms with E-state index >= 15 is 0 Å². The number of carboxylic acids is 1. The van der Waals surface area contributed by atoms with Gasteiger partial charge in [0.15, 0.2) is 0 Å². The number of amides is 2. The second-order valence-corrected chi connectivity index (χ2v) is 7.04. The summed E-state index contributed by atoms with van der Waals surface area (Å²) >= 11 is 0. The number of carbonyl (C=O) groups is 3. The van der Waals surface area contributed by atoms with E-state index in [4.69, 9.17) is 5.11 Å². The van der Waals surface area contributed by atoms with Gasteiger partial charge in [-0.3, -0.25) is 9.59 Å². The van der Waals surface area contributed by atoms with Crippen molar-refractivity contribution in [1.29, 1.82) is 0 Å². The summed E-state index contributed by atoms with van der Waals surface area (Å²) in [6.07, 6.45) is 3.18. The van der Waals surface area contributed by atoms with Crippen LogP contribution in [0.3, 0.4) is 0 Å². The van der Waals surface area contributed by atoms with Crippen molar-refractivity contribution in [2.75, 3.05) is 11.9 Å². The Morgan fingerprint density at radius 2 is 1.89 bits per heavy atom. The Bertz CT molecular complexity index is 926. The number of rotatable bonds is 4. The highest BCUT2D eigenvalue weighted by molar-refractivity contribution is 6.04. The van der Waals surface area contributed by atoms with E-state index in [1.54, 1.807) is 18.2 Å². The van der Waals surface area contributed by atoms with Crippen LogP contribution in [0.4, 0.5) is 5.69 Å². The summed E-state index contributed by atoms with van der Waals surface area (Å²) in [5, 5.41) is 11.7. The topological polar surface area (TPSA) is 99.6 Å². The van der Waals surface area contributed by atoms with Gasteiger partial charge in [-0.25, -0.2) is 9.78 Å². The fourth-order valence-electron chi connectivity index (χ4n) is 3.37. The van der Waals surface area contributed by atoms with Crippen LogP contribution >= 0.6 is 0 Å². The molecule has 3 rings (SSSR count). The van der Waals surface area contributed by atoms with Gasteiger partial charge in [-0.05, 0) is 69.0 Å². The van der Waals surface area contributed by atoms with Crippen molar-refractivity contribution >= 4 is 23.5 Å². The molecule has 1 aromatic heterocycles. The Kier molecular flexibility index (Phi) is 5.73. The number of aromatic carboxylic acids is 1. The van der Waals surface area contributed by atoms with Crippen LogP contribution in [0.25, 0.3) is 0 Å². The van der Waals surface area contributed by atoms with Gasteiger partial charge in [0.05, 0.1) is 0 Å². The Balaban J connectivity index is 1.75. The Morgan fingerprint density at radius 1 is 1.14 bits per heavy atom. The predicted molar refractivity (Wildman–Crippen MR) is 105 cm³/mol. The molecule has 0 spiro atoms. The summed E-state index contributed by atoms with van der Waals surface area (Å²) < 4.78 is 0. The van der Waals surface area contributed by atoms with Gasteiger partial charge in [-0.15, -0.1) is 0 Å². The van der Waals surface area contributed by atoms with Gasteiger partial charge in [0.1, 0.15) is 11.4 Å². The lowest BCUT2D eigenvalue weighted by atomic mass is 10.0. The summed E-state index contributed by atoms with van der Waals surface area (Å²) in [5.74, 6) is -1.69. The van der Waals surface area contributed by atoms with Crippen molar-refractivity contribution in [1.82, 2.24) is 9.88 Å². The molecule has 1 saturated heterocycles. The van der Waals surface area contributed by atoms with Crippen LogP contribution in [0.2, 0.25) is 0 Å². The standard InChI is InChI=1S/C21H23N3O4/c1-13-12-15(20(26)24-11-4-3-6-14(24)2)9-10-16(13)23-19(25)17-7-5-8-18(22-17)21(27)28/h5,7-10,12,14H,3-4,6,11H2,1-2H3,(H,23,25)(H,27,28). The van der Waals surface area contributed by atoms with E-state index in [0.29, 0.717) is 11.3 Å². The first kappa shape index (κ1) is 19.5. The zero-order valence-electron chi connectivity index (χ0n) is 15.9. The van der Waals surface area contributed by atoms with Crippen LogP contribution in [-0.4, -0.2) is 45.4 Å². The molecule has 1 fully saturated rings. The van der Waals surface area contributed by atoms with Crippen molar-refractivity contribution in [2.45, 2.75) is 39.2 Å².